The monoisotopic (exact) mass is 505 g/mol. The first-order valence-corrected chi connectivity index (χ1v) is 12.4. The third-order valence-electron chi connectivity index (χ3n) is 7.41. The van der Waals surface area contributed by atoms with Crippen molar-refractivity contribution in [3.8, 4) is 0 Å². The molecule has 3 N–H and O–H groups in total. The molecule has 1 amide bonds. The van der Waals surface area contributed by atoms with Crippen LogP contribution in [0.3, 0.4) is 0 Å². The first-order valence-electron chi connectivity index (χ1n) is 12.4. The maximum Gasteiger partial charge on any atom is 0.266 e. The zero-order valence-corrected chi connectivity index (χ0v) is 20.9. The van der Waals surface area contributed by atoms with Gasteiger partial charge in [-0.15, -0.1) is 0 Å². The SMILES string of the molecule is C[C@@H](NC(=O)c1cn(C2(C)CCNC2)c(=O)cc1NC1CCN(C)CC1)c1cccc(C(F)F)c1F. The highest BCUT2D eigenvalue weighted by Gasteiger charge is 2.33. The third-order valence-corrected chi connectivity index (χ3v) is 7.41. The highest BCUT2D eigenvalue weighted by molar-refractivity contribution is 5.99. The second-order valence-electron chi connectivity index (χ2n) is 10.2. The molecule has 10 heteroatoms. The highest BCUT2D eigenvalue weighted by atomic mass is 19.3. The van der Waals surface area contributed by atoms with Crippen LogP contribution in [-0.2, 0) is 5.54 Å². The highest BCUT2D eigenvalue weighted by Crippen LogP contribution is 2.29. The van der Waals surface area contributed by atoms with Gasteiger partial charge in [0.15, 0.2) is 0 Å². The summed E-state index contributed by atoms with van der Waals surface area (Å²) in [5.74, 6) is -1.54. The lowest BCUT2D eigenvalue weighted by Crippen LogP contribution is -2.42. The molecule has 1 aromatic carbocycles. The fourth-order valence-electron chi connectivity index (χ4n) is 5.06. The Hall–Kier alpha value is -2.85. The van der Waals surface area contributed by atoms with Crippen molar-refractivity contribution in [3.05, 3.63) is 63.3 Å². The Kier molecular flexibility index (Phi) is 7.75. The number of amides is 1. The van der Waals surface area contributed by atoms with Crippen LogP contribution >= 0.6 is 0 Å². The number of benzene rings is 1. The molecule has 3 heterocycles. The maximum absolute atomic E-state index is 14.7. The van der Waals surface area contributed by atoms with E-state index in [9.17, 15) is 22.8 Å². The van der Waals surface area contributed by atoms with E-state index >= 15 is 0 Å². The number of likely N-dealkylation sites (tertiary alicyclic amines) is 1. The summed E-state index contributed by atoms with van der Waals surface area (Å²) in [7, 11) is 2.05. The zero-order valence-electron chi connectivity index (χ0n) is 20.9. The van der Waals surface area contributed by atoms with E-state index in [-0.39, 0.29) is 22.7 Å². The fraction of sp³-hybridized carbons (Fsp3) is 0.538. The Labute approximate surface area is 209 Å². The average molecular weight is 506 g/mol. The second-order valence-corrected chi connectivity index (χ2v) is 10.2. The minimum absolute atomic E-state index is 0.0220. The molecular formula is C26H34F3N5O2. The molecule has 7 nitrogen and oxygen atoms in total. The normalized spacial score (nSPS) is 22.1. The summed E-state index contributed by atoms with van der Waals surface area (Å²) >= 11 is 0. The van der Waals surface area contributed by atoms with Gasteiger partial charge in [-0.1, -0.05) is 18.2 Å². The van der Waals surface area contributed by atoms with Crippen molar-refractivity contribution in [1.82, 2.24) is 20.1 Å². The molecule has 0 bridgehead atoms. The Morgan fingerprint density at radius 2 is 1.92 bits per heavy atom. The van der Waals surface area contributed by atoms with Crippen molar-refractivity contribution < 1.29 is 18.0 Å². The van der Waals surface area contributed by atoms with Crippen LogP contribution in [0.1, 0.15) is 67.1 Å². The fourth-order valence-corrected chi connectivity index (χ4v) is 5.06. The van der Waals surface area contributed by atoms with E-state index < -0.39 is 35.3 Å². The molecule has 0 radical (unpaired) electrons. The van der Waals surface area contributed by atoms with Crippen LogP contribution in [0.25, 0.3) is 0 Å². The number of piperidine rings is 1. The van der Waals surface area contributed by atoms with Crippen molar-refractivity contribution in [2.45, 2.75) is 57.2 Å². The van der Waals surface area contributed by atoms with Gasteiger partial charge in [0.05, 0.1) is 28.4 Å². The van der Waals surface area contributed by atoms with E-state index in [0.29, 0.717) is 12.2 Å². The number of aromatic nitrogens is 1. The minimum Gasteiger partial charge on any atom is -0.381 e. The molecule has 4 rings (SSSR count). The van der Waals surface area contributed by atoms with Gasteiger partial charge in [-0.2, -0.15) is 0 Å². The number of nitrogens with one attached hydrogen (secondary N) is 3. The number of carbonyl (C=O) groups excluding carboxylic acids is 1. The summed E-state index contributed by atoms with van der Waals surface area (Å²) in [6.45, 7) is 6.67. The van der Waals surface area contributed by atoms with Crippen molar-refractivity contribution in [1.29, 1.82) is 0 Å². The van der Waals surface area contributed by atoms with Gasteiger partial charge in [0.25, 0.3) is 17.9 Å². The zero-order chi connectivity index (χ0) is 26.0. The molecule has 2 aliphatic rings. The van der Waals surface area contributed by atoms with Gasteiger partial charge in [-0.25, -0.2) is 13.2 Å². The van der Waals surface area contributed by atoms with Crippen LogP contribution < -0.4 is 21.5 Å². The van der Waals surface area contributed by atoms with Crippen molar-refractivity contribution in [2.75, 3.05) is 38.5 Å². The van der Waals surface area contributed by atoms with Gasteiger partial charge < -0.3 is 25.4 Å². The first-order chi connectivity index (χ1) is 17.1. The molecule has 1 aromatic heterocycles. The molecule has 0 saturated carbocycles. The lowest BCUT2D eigenvalue weighted by atomic mass is 9.99. The van der Waals surface area contributed by atoms with Gasteiger partial charge in [-0.3, -0.25) is 9.59 Å². The van der Waals surface area contributed by atoms with Gasteiger partial charge >= 0.3 is 0 Å². The molecule has 2 saturated heterocycles. The molecular weight excluding hydrogens is 471 g/mol. The molecule has 0 aliphatic carbocycles. The van der Waals surface area contributed by atoms with Gasteiger partial charge in [0.1, 0.15) is 5.82 Å². The lowest BCUT2D eigenvalue weighted by molar-refractivity contribution is 0.0938. The number of halogens is 3. The average Bonchev–Trinajstić information content (AvgIpc) is 3.27. The van der Waals surface area contributed by atoms with Crippen molar-refractivity contribution in [2.24, 2.45) is 0 Å². The summed E-state index contributed by atoms with van der Waals surface area (Å²) in [6.07, 6.45) is 1.08. The van der Waals surface area contributed by atoms with E-state index in [0.717, 1.165) is 45.0 Å². The maximum atomic E-state index is 14.7. The predicted molar refractivity (Wildman–Crippen MR) is 133 cm³/mol. The minimum atomic E-state index is -2.96. The molecule has 2 aromatic rings. The van der Waals surface area contributed by atoms with Crippen LogP contribution in [0, 0.1) is 5.82 Å². The Morgan fingerprint density at radius 3 is 2.56 bits per heavy atom. The second kappa shape index (κ2) is 10.6. The number of hydrogen-bond donors (Lipinski definition) is 3. The summed E-state index contributed by atoms with van der Waals surface area (Å²) in [5, 5.41) is 9.39. The van der Waals surface area contributed by atoms with E-state index in [1.807, 2.05) is 6.92 Å². The van der Waals surface area contributed by atoms with E-state index in [4.69, 9.17) is 0 Å². The third kappa shape index (κ3) is 5.44. The molecule has 0 spiro atoms. The van der Waals surface area contributed by atoms with Crippen LogP contribution in [0.2, 0.25) is 0 Å². The number of rotatable bonds is 7. The topological polar surface area (TPSA) is 78.4 Å². The molecule has 2 aliphatic heterocycles. The molecule has 2 atom stereocenters. The first kappa shape index (κ1) is 26.2. The number of alkyl halides is 2. The van der Waals surface area contributed by atoms with Crippen molar-refractivity contribution in [3.63, 3.8) is 0 Å². The number of anilines is 1. The molecule has 1 unspecified atom stereocenters. The van der Waals surface area contributed by atoms with E-state index in [2.05, 4.69) is 27.9 Å². The van der Waals surface area contributed by atoms with Gasteiger partial charge in [-0.05, 0) is 59.8 Å². The summed E-state index contributed by atoms with van der Waals surface area (Å²) < 4.78 is 42.7. The Bertz CT molecular complexity index is 1150. The van der Waals surface area contributed by atoms with Crippen molar-refractivity contribution >= 4 is 11.6 Å². The lowest BCUT2D eigenvalue weighted by Gasteiger charge is -2.32. The predicted octanol–water partition coefficient (Wildman–Crippen LogP) is 3.63. The summed E-state index contributed by atoms with van der Waals surface area (Å²) in [5.41, 5.74) is -0.732. The number of hydrogen-bond acceptors (Lipinski definition) is 5. The quantitative estimate of drug-likeness (QED) is 0.536. The number of pyridine rings is 1. The van der Waals surface area contributed by atoms with E-state index in [1.165, 1.54) is 18.2 Å². The van der Waals surface area contributed by atoms with Gasteiger partial charge in [0.2, 0.25) is 0 Å². The molecule has 2 fully saturated rings. The Morgan fingerprint density at radius 1 is 1.22 bits per heavy atom. The molecule has 196 valence electrons. The van der Waals surface area contributed by atoms with Crippen LogP contribution in [0.5, 0.6) is 0 Å². The van der Waals surface area contributed by atoms with Crippen LogP contribution in [0.4, 0.5) is 18.9 Å². The summed E-state index contributed by atoms with van der Waals surface area (Å²) in [6, 6.07) is 4.47. The standard InChI is InChI=1S/C26H34F3N5O2/c1-16(18-5-4-6-19(23(18)27)24(28)29)31-25(36)20-14-34(26(2)9-10-30-15-26)22(35)13-21(20)32-17-7-11-33(3)12-8-17/h4-6,13-14,16-17,24,30,32H,7-12,15H2,1-3H3,(H,31,36)/t16-,26?/m1/s1. The van der Waals surface area contributed by atoms with E-state index in [1.54, 1.807) is 17.7 Å². The van der Waals surface area contributed by atoms with Crippen LogP contribution in [-0.4, -0.2) is 54.6 Å². The Balaban J connectivity index is 1.66. The largest absolute Gasteiger partial charge is 0.381 e. The van der Waals surface area contributed by atoms with Gasteiger partial charge in [0, 0.05) is 30.4 Å². The number of carbonyl (C=O) groups is 1. The van der Waals surface area contributed by atoms with Crippen LogP contribution in [0.15, 0.2) is 35.3 Å². The number of nitrogens with zero attached hydrogens (tertiary/aromatic N) is 2. The smallest absolute Gasteiger partial charge is 0.266 e. The summed E-state index contributed by atoms with van der Waals surface area (Å²) in [4.78, 5) is 28.8. The molecule has 36 heavy (non-hydrogen) atoms.